The minimum Gasteiger partial charge on any atom is -0.619 e. The first-order valence-electron chi connectivity index (χ1n) is 7.66. The number of benzene rings is 1. The van der Waals surface area contributed by atoms with Gasteiger partial charge in [0.15, 0.2) is 12.4 Å². The average molecular weight is 337 g/mol. The molecule has 0 unspecified atom stereocenters. The Kier molecular flexibility index (Phi) is 3.54. The number of fused-ring (bicyclic) bond motifs is 1. The van der Waals surface area contributed by atoms with Crippen LogP contribution in [-0.2, 0) is 11.2 Å². The van der Waals surface area contributed by atoms with E-state index >= 15 is 0 Å². The number of hydrogen-bond donors (Lipinski definition) is 0. The number of amides is 1. The first kappa shape index (κ1) is 14.8. The molecule has 24 heavy (non-hydrogen) atoms. The van der Waals surface area contributed by atoms with Gasteiger partial charge in [-0.1, -0.05) is 6.07 Å². The van der Waals surface area contributed by atoms with Crippen molar-refractivity contribution in [3.63, 3.8) is 0 Å². The zero-order valence-corrected chi connectivity index (χ0v) is 13.9. The lowest BCUT2D eigenvalue weighted by Gasteiger charge is -2.26. The van der Waals surface area contributed by atoms with E-state index in [1.54, 1.807) is 28.4 Å². The van der Waals surface area contributed by atoms with Gasteiger partial charge in [0.2, 0.25) is 5.91 Å². The van der Waals surface area contributed by atoms with Gasteiger partial charge in [-0.25, -0.2) is 4.98 Å². The zero-order valence-electron chi connectivity index (χ0n) is 13.1. The predicted molar refractivity (Wildman–Crippen MR) is 93.7 cm³/mol. The second-order valence-electron chi connectivity index (χ2n) is 5.78. The topological polar surface area (TPSA) is 60.1 Å². The molecule has 4 rings (SSSR count). The van der Waals surface area contributed by atoms with E-state index in [4.69, 9.17) is 0 Å². The summed E-state index contributed by atoms with van der Waals surface area (Å²) in [6.07, 6.45) is 4.27. The summed E-state index contributed by atoms with van der Waals surface area (Å²) >= 11 is 1.55. The average Bonchev–Trinajstić information content (AvgIpc) is 3.09. The van der Waals surface area contributed by atoms with E-state index in [-0.39, 0.29) is 5.91 Å². The normalized spacial score (nSPS) is 13.9. The van der Waals surface area contributed by atoms with Crippen LogP contribution in [0.15, 0.2) is 48.1 Å². The molecule has 0 bridgehead atoms. The lowest BCUT2D eigenvalue weighted by Crippen LogP contribution is -2.30. The van der Waals surface area contributed by atoms with Crippen molar-refractivity contribution in [2.45, 2.75) is 12.8 Å². The minimum absolute atomic E-state index is 0.158. The highest BCUT2D eigenvalue weighted by Crippen LogP contribution is 2.33. The third kappa shape index (κ3) is 2.55. The summed E-state index contributed by atoms with van der Waals surface area (Å²) < 4.78 is 0.763. The number of hydrogen-bond acceptors (Lipinski definition) is 4. The number of rotatable bonds is 2. The Balaban J connectivity index is 1.68. The Bertz CT molecular complexity index is 918. The Morgan fingerprint density at radius 2 is 1.96 bits per heavy atom. The van der Waals surface area contributed by atoms with Crippen molar-refractivity contribution in [3.05, 3.63) is 58.9 Å². The summed E-state index contributed by atoms with van der Waals surface area (Å²) in [5.74, 6) is 0.158. The third-order valence-electron chi connectivity index (χ3n) is 4.27. The summed E-state index contributed by atoms with van der Waals surface area (Å²) in [6.45, 7) is 0. The molecule has 1 aliphatic rings. The van der Waals surface area contributed by atoms with E-state index in [0.717, 1.165) is 38.7 Å². The minimum atomic E-state index is 0.158. The van der Waals surface area contributed by atoms with E-state index in [0.29, 0.717) is 6.42 Å². The van der Waals surface area contributed by atoms with Gasteiger partial charge in [0.1, 0.15) is 5.01 Å². The molecule has 0 N–H and O–H groups in total. The fraction of sp³-hybridized carbons (Fsp3) is 0.167. The van der Waals surface area contributed by atoms with Crippen molar-refractivity contribution >= 4 is 22.9 Å². The molecule has 0 spiro atoms. The van der Waals surface area contributed by atoms with Gasteiger partial charge in [-0.15, -0.1) is 11.3 Å². The van der Waals surface area contributed by atoms with Crippen molar-refractivity contribution in [1.29, 1.82) is 0 Å². The summed E-state index contributed by atoms with van der Waals surface area (Å²) in [5, 5.41) is 14.0. The highest BCUT2D eigenvalue weighted by atomic mass is 32.1. The highest BCUT2D eigenvalue weighted by molar-refractivity contribution is 7.13. The van der Waals surface area contributed by atoms with Crippen molar-refractivity contribution in [2.75, 3.05) is 11.9 Å². The summed E-state index contributed by atoms with van der Waals surface area (Å²) in [4.78, 5) is 18.2. The maximum Gasteiger partial charge on any atom is 0.227 e. The molecule has 5 nitrogen and oxygen atoms in total. The Morgan fingerprint density at radius 1 is 1.17 bits per heavy atom. The molecule has 0 fully saturated rings. The van der Waals surface area contributed by atoms with E-state index in [1.165, 1.54) is 18.0 Å². The lowest BCUT2D eigenvalue weighted by molar-refractivity contribution is -0.605. The molecule has 0 saturated carbocycles. The quantitative estimate of drug-likeness (QED) is 0.533. The lowest BCUT2D eigenvalue weighted by atomic mass is 9.98. The van der Waals surface area contributed by atoms with Gasteiger partial charge in [-0.2, -0.15) is 4.73 Å². The van der Waals surface area contributed by atoms with Crippen LogP contribution in [0.5, 0.6) is 0 Å². The maximum atomic E-state index is 11.8. The molecule has 6 heteroatoms. The Hall–Kier alpha value is -2.73. The molecule has 1 aromatic carbocycles. The maximum absolute atomic E-state index is 11.8. The fourth-order valence-corrected chi connectivity index (χ4v) is 3.75. The second kappa shape index (κ2) is 5.72. The van der Waals surface area contributed by atoms with Crippen molar-refractivity contribution < 1.29 is 9.52 Å². The molecule has 1 aliphatic heterocycles. The highest BCUT2D eigenvalue weighted by Gasteiger charge is 2.21. The molecular formula is C18H15N3O2S. The number of thiazole rings is 1. The van der Waals surface area contributed by atoms with E-state index in [9.17, 15) is 10.0 Å². The van der Waals surface area contributed by atoms with Gasteiger partial charge in [0.25, 0.3) is 0 Å². The van der Waals surface area contributed by atoms with Crippen molar-refractivity contribution in [2.24, 2.45) is 0 Å². The summed E-state index contributed by atoms with van der Waals surface area (Å²) in [6, 6.07) is 9.65. The van der Waals surface area contributed by atoms with Crippen LogP contribution < -0.4 is 9.63 Å². The molecule has 2 aromatic heterocycles. The number of carbonyl (C=O) groups excluding carboxylic acids is 1. The Labute approximate surface area is 143 Å². The van der Waals surface area contributed by atoms with Gasteiger partial charge in [0, 0.05) is 47.8 Å². The van der Waals surface area contributed by atoms with Crippen molar-refractivity contribution in [3.8, 4) is 21.8 Å². The van der Waals surface area contributed by atoms with Crippen LogP contribution in [0.1, 0.15) is 12.0 Å². The van der Waals surface area contributed by atoms with Gasteiger partial charge in [-0.3, -0.25) is 4.79 Å². The standard InChI is InChI=1S/C18H15N3O2S/c1-20-16-4-2-13(10-14(16)3-5-17(20)22)15-11-24-18(19-15)12-6-8-21(23)9-7-12/h2,4,6-11H,3,5H2,1H3. The molecule has 120 valence electrons. The van der Waals surface area contributed by atoms with Crippen LogP contribution in [0, 0.1) is 5.21 Å². The fourth-order valence-electron chi connectivity index (χ4n) is 2.91. The van der Waals surface area contributed by atoms with Crippen LogP contribution in [0.25, 0.3) is 21.8 Å². The first-order chi connectivity index (χ1) is 11.6. The molecule has 0 atom stereocenters. The van der Waals surface area contributed by atoms with Crippen LogP contribution in [0.3, 0.4) is 0 Å². The summed E-state index contributed by atoms with van der Waals surface area (Å²) in [7, 11) is 1.82. The van der Waals surface area contributed by atoms with Crippen LogP contribution in [0.2, 0.25) is 0 Å². The predicted octanol–water partition coefficient (Wildman–Crippen LogP) is 3.02. The number of anilines is 1. The number of aryl methyl sites for hydroxylation is 1. The van der Waals surface area contributed by atoms with E-state index in [1.807, 2.05) is 24.6 Å². The largest absolute Gasteiger partial charge is 0.619 e. The number of nitrogens with zero attached hydrogens (tertiary/aromatic N) is 3. The number of carbonyl (C=O) groups is 1. The van der Waals surface area contributed by atoms with Crippen LogP contribution >= 0.6 is 11.3 Å². The first-order valence-corrected chi connectivity index (χ1v) is 8.54. The molecule has 3 aromatic rings. The molecular weight excluding hydrogens is 322 g/mol. The van der Waals surface area contributed by atoms with Gasteiger partial charge >= 0.3 is 0 Å². The molecule has 0 aliphatic carbocycles. The van der Waals surface area contributed by atoms with E-state index < -0.39 is 0 Å². The molecule has 1 amide bonds. The molecule has 3 heterocycles. The van der Waals surface area contributed by atoms with Crippen molar-refractivity contribution in [1.82, 2.24) is 4.98 Å². The van der Waals surface area contributed by atoms with Crippen LogP contribution in [-0.4, -0.2) is 17.9 Å². The van der Waals surface area contributed by atoms with Gasteiger partial charge in [0.05, 0.1) is 5.69 Å². The van der Waals surface area contributed by atoms with Crippen LogP contribution in [0.4, 0.5) is 5.69 Å². The third-order valence-corrected chi connectivity index (χ3v) is 5.16. The number of pyridine rings is 1. The summed E-state index contributed by atoms with van der Waals surface area (Å²) in [5.41, 5.74) is 5.05. The van der Waals surface area contributed by atoms with Gasteiger partial charge < -0.3 is 10.1 Å². The van der Waals surface area contributed by atoms with E-state index in [2.05, 4.69) is 11.1 Å². The second-order valence-corrected chi connectivity index (χ2v) is 6.64. The SMILES string of the molecule is CN1C(=O)CCc2cc(-c3csc(-c4cc[n+]([O-])cc4)n3)ccc21. The van der Waals surface area contributed by atoms with Gasteiger partial charge in [-0.05, 0) is 24.1 Å². The molecule has 0 saturated heterocycles. The smallest absolute Gasteiger partial charge is 0.227 e. The number of aromatic nitrogens is 2. The zero-order chi connectivity index (χ0) is 16.7. The monoisotopic (exact) mass is 337 g/mol. The Morgan fingerprint density at radius 3 is 2.75 bits per heavy atom. The molecule has 0 radical (unpaired) electrons.